The SMILES string of the molecule is OC[C@@H](O)[C@@H](O)[C@H](O)[C@@H](O)C1(O)OCCO1. The fourth-order valence-electron chi connectivity index (χ4n) is 1.33. The van der Waals surface area contributed by atoms with E-state index in [9.17, 15) is 20.4 Å². The highest BCUT2D eigenvalue weighted by Gasteiger charge is 2.48. The van der Waals surface area contributed by atoms with Crippen LogP contribution in [0.3, 0.4) is 0 Å². The van der Waals surface area contributed by atoms with Crippen molar-refractivity contribution < 1.29 is 40.1 Å². The van der Waals surface area contributed by atoms with Gasteiger partial charge >= 0.3 is 5.97 Å². The van der Waals surface area contributed by atoms with Crippen molar-refractivity contribution in [2.75, 3.05) is 19.8 Å². The average molecular weight is 240 g/mol. The first-order chi connectivity index (χ1) is 7.42. The van der Waals surface area contributed by atoms with Gasteiger partial charge in [0.1, 0.15) is 18.3 Å². The second kappa shape index (κ2) is 5.34. The van der Waals surface area contributed by atoms with Crippen molar-refractivity contribution in [1.82, 2.24) is 0 Å². The Kier molecular flexibility index (Phi) is 4.59. The molecule has 0 aromatic rings. The number of rotatable bonds is 5. The summed E-state index contributed by atoms with van der Waals surface area (Å²) in [6.07, 6.45) is -7.37. The van der Waals surface area contributed by atoms with E-state index in [0.29, 0.717) is 0 Å². The molecule has 1 rings (SSSR count). The number of hydrogen-bond donors (Lipinski definition) is 6. The van der Waals surface area contributed by atoms with Crippen LogP contribution in [0.2, 0.25) is 0 Å². The van der Waals surface area contributed by atoms with Gasteiger partial charge in [0.2, 0.25) is 0 Å². The second-order valence-corrected chi connectivity index (χ2v) is 3.50. The summed E-state index contributed by atoms with van der Waals surface area (Å²) in [6.45, 7) is -0.747. The summed E-state index contributed by atoms with van der Waals surface area (Å²) in [5, 5.41) is 55.3. The summed E-state index contributed by atoms with van der Waals surface area (Å²) >= 11 is 0. The molecule has 0 saturated carbocycles. The number of hydrogen-bond acceptors (Lipinski definition) is 8. The lowest BCUT2D eigenvalue weighted by molar-refractivity contribution is -0.365. The number of ether oxygens (including phenoxy) is 2. The quantitative estimate of drug-likeness (QED) is 0.287. The lowest BCUT2D eigenvalue weighted by Crippen LogP contribution is -2.56. The third kappa shape index (κ3) is 2.67. The standard InChI is InChI=1S/C8H16O8/c9-3-4(10)5(11)6(12)7(13)8(14)15-1-2-16-8/h4-7,9-14H,1-3H2/t4-,5-,6+,7-/m1/s1. The Morgan fingerprint density at radius 2 is 1.50 bits per heavy atom. The fourth-order valence-corrected chi connectivity index (χ4v) is 1.33. The van der Waals surface area contributed by atoms with E-state index in [4.69, 9.17) is 10.2 Å². The van der Waals surface area contributed by atoms with Crippen LogP contribution < -0.4 is 0 Å². The molecule has 6 N–H and O–H groups in total. The number of aliphatic hydroxyl groups excluding tert-OH is 5. The molecule has 8 nitrogen and oxygen atoms in total. The molecule has 0 aliphatic carbocycles. The Hall–Kier alpha value is -0.320. The molecule has 0 bridgehead atoms. The van der Waals surface area contributed by atoms with Crippen LogP contribution in [0.4, 0.5) is 0 Å². The lowest BCUT2D eigenvalue weighted by Gasteiger charge is -2.32. The van der Waals surface area contributed by atoms with Gasteiger partial charge in [-0.2, -0.15) is 0 Å². The maximum absolute atomic E-state index is 9.52. The summed E-state index contributed by atoms with van der Waals surface area (Å²) in [6, 6.07) is 0. The molecule has 0 radical (unpaired) electrons. The third-order valence-corrected chi connectivity index (χ3v) is 2.33. The van der Waals surface area contributed by atoms with E-state index < -0.39 is 37.0 Å². The Morgan fingerprint density at radius 3 is 1.94 bits per heavy atom. The molecule has 4 atom stereocenters. The van der Waals surface area contributed by atoms with Crippen molar-refractivity contribution >= 4 is 0 Å². The van der Waals surface area contributed by atoms with Crippen molar-refractivity contribution in [3.8, 4) is 0 Å². The predicted molar refractivity (Wildman–Crippen MR) is 48.0 cm³/mol. The van der Waals surface area contributed by atoms with Gasteiger partial charge in [-0.1, -0.05) is 0 Å². The monoisotopic (exact) mass is 240 g/mol. The average Bonchev–Trinajstić information content (AvgIpc) is 2.73. The highest BCUT2D eigenvalue weighted by molar-refractivity contribution is 4.86. The van der Waals surface area contributed by atoms with E-state index in [0.717, 1.165) is 0 Å². The van der Waals surface area contributed by atoms with Gasteiger partial charge in [0.05, 0.1) is 19.8 Å². The fraction of sp³-hybridized carbons (Fsp3) is 1.00. The zero-order chi connectivity index (χ0) is 12.3. The van der Waals surface area contributed by atoms with Crippen LogP contribution in [-0.4, -0.2) is 80.8 Å². The van der Waals surface area contributed by atoms with E-state index in [1.165, 1.54) is 0 Å². The van der Waals surface area contributed by atoms with E-state index in [1.807, 2.05) is 0 Å². The van der Waals surface area contributed by atoms with E-state index >= 15 is 0 Å². The molecule has 0 aromatic carbocycles. The van der Waals surface area contributed by atoms with Crippen LogP contribution in [0.25, 0.3) is 0 Å². The Morgan fingerprint density at radius 1 is 1.00 bits per heavy atom. The van der Waals surface area contributed by atoms with Crippen LogP contribution in [0, 0.1) is 0 Å². The van der Waals surface area contributed by atoms with Crippen molar-refractivity contribution in [3.05, 3.63) is 0 Å². The van der Waals surface area contributed by atoms with Crippen LogP contribution in [-0.2, 0) is 9.47 Å². The normalized spacial score (nSPS) is 27.4. The van der Waals surface area contributed by atoms with Gasteiger partial charge < -0.3 is 40.1 Å². The van der Waals surface area contributed by atoms with Gasteiger partial charge in [0.25, 0.3) is 0 Å². The summed E-state index contributed by atoms with van der Waals surface area (Å²) < 4.78 is 9.31. The van der Waals surface area contributed by atoms with Crippen LogP contribution >= 0.6 is 0 Å². The number of aliphatic hydroxyl groups is 6. The first kappa shape index (κ1) is 13.7. The van der Waals surface area contributed by atoms with Crippen molar-refractivity contribution in [3.63, 3.8) is 0 Å². The summed E-state index contributed by atoms with van der Waals surface area (Å²) in [4.78, 5) is 0. The molecule has 0 unspecified atom stereocenters. The smallest absolute Gasteiger partial charge is 0.310 e. The van der Waals surface area contributed by atoms with Gasteiger partial charge in [-0.3, -0.25) is 0 Å². The second-order valence-electron chi connectivity index (χ2n) is 3.50. The van der Waals surface area contributed by atoms with Gasteiger partial charge in [-0.25, -0.2) is 0 Å². The van der Waals surface area contributed by atoms with Gasteiger partial charge in [-0.05, 0) is 0 Å². The Balaban J connectivity index is 2.62. The topological polar surface area (TPSA) is 140 Å². The molecule has 1 aliphatic rings. The van der Waals surface area contributed by atoms with Crippen LogP contribution in [0.1, 0.15) is 0 Å². The molecular weight excluding hydrogens is 224 g/mol. The highest BCUT2D eigenvalue weighted by atomic mass is 16.9. The van der Waals surface area contributed by atoms with Gasteiger partial charge in [-0.15, -0.1) is 0 Å². The van der Waals surface area contributed by atoms with Crippen molar-refractivity contribution in [2.24, 2.45) is 0 Å². The highest BCUT2D eigenvalue weighted by Crippen LogP contribution is 2.24. The molecule has 16 heavy (non-hydrogen) atoms. The zero-order valence-corrected chi connectivity index (χ0v) is 8.43. The minimum Gasteiger partial charge on any atom is -0.394 e. The molecule has 8 heteroatoms. The van der Waals surface area contributed by atoms with E-state index in [2.05, 4.69) is 9.47 Å². The van der Waals surface area contributed by atoms with Crippen molar-refractivity contribution in [2.45, 2.75) is 30.4 Å². The summed E-state index contributed by atoms with van der Waals surface area (Å²) in [5.74, 6) is -2.41. The molecule has 1 aliphatic heterocycles. The molecule has 96 valence electrons. The minimum atomic E-state index is -2.41. The molecule has 1 saturated heterocycles. The third-order valence-electron chi connectivity index (χ3n) is 2.33. The van der Waals surface area contributed by atoms with Gasteiger partial charge in [0.15, 0.2) is 6.10 Å². The molecule has 1 fully saturated rings. The van der Waals surface area contributed by atoms with Crippen LogP contribution in [0.5, 0.6) is 0 Å². The molecule has 1 heterocycles. The predicted octanol–water partition coefficient (Wildman–Crippen LogP) is -3.88. The first-order valence-corrected chi connectivity index (χ1v) is 4.76. The Labute approximate surface area is 91.3 Å². The maximum Gasteiger partial charge on any atom is 0.310 e. The first-order valence-electron chi connectivity index (χ1n) is 4.76. The molecule has 0 amide bonds. The summed E-state index contributed by atoms with van der Waals surface area (Å²) in [5.41, 5.74) is 0. The Bertz CT molecular complexity index is 216. The molecule has 0 aromatic heterocycles. The minimum absolute atomic E-state index is 0.0267. The van der Waals surface area contributed by atoms with E-state index in [1.54, 1.807) is 0 Å². The summed E-state index contributed by atoms with van der Waals surface area (Å²) in [7, 11) is 0. The van der Waals surface area contributed by atoms with Crippen molar-refractivity contribution in [1.29, 1.82) is 0 Å². The largest absolute Gasteiger partial charge is 0.394 e. The lowest BCUT2D eigenvalue weighted by atomic mass is 10.0. The van der Waals surface area contributed by atoms with Crippen LogP contribution in [0.15, 0.2) is 0 Å². The molecular formula is C8H16O8. The zero-order valence-electron chi connectivity index (χ0n) is 8.43. The maximum atomic E-state index is 9.52. The molecule has 0 spiro atoms. The van der Waals surface area contributed by atoms with Gasteiger partial charge in [0, 0.05) is 0 Å². The van der Waals surface area contributed by atoms with E-state index in [-0.39, 0.29) is 13.2 Å².